The Bertz CT molecular complexity index is 1120. The standard InChI is InChI=1S/C19H20N6O/c1-11(26)25(3)19-16-17(24(2)10-21-16)14-8-15(22-18(14)23-19)13-6-4-12(9-20)5-7-13/h4-8,10H,9,20H2,1-3H3,(H,22,23). The van der Waals surface area contributed by atoms with Gasteiger partial charge >= 0.3 is 0 Å². The van der Waals surface area contributed by atoms with Crippen molar-refractivity contribution in [3.63, 3.8) is 0 Å². The number of aromatic nitrogens is 4. The molecule has 1 amide bonds. The molecule has 3 heterocycles. The predicted molar refractivity (Wildman–Crippen MR) is 103 cm³/mol. The number of fused-ring (bicyclic) bond motifs is 3. The number of anilines is 1. The molecule has 3 aromatic heterocycles. The summed E-state index contributed by atoms with van der Waals surface area (Å²) in [6, 6.07) is 10.2. The van der Waals surface area contributed by atoms with Gasteiger partial charge in [-0.1, -0.05) is 24.3 Å². The summed E-state index contributed by atoms with van der Waals surface area (Å²) in [6.45, 7) is 2.03. The third kappa shape index (κ3) is 2.44. The van der Waals surface area contributed by atoms with Crippen LogP contribution in [0.25, 0.3) is 33.3 Å². The average Bonchev–Trinajstić information content (AvgIpc) is 3.24. The number of nitrogens with one attached hydrogen (secondary N) is 1. The number of nitrogens with two attached hydrogens (primary N) is 1. The second-order valence-electron chi connectivity index (χ2n) is 6.41. The number of imidazole rings is 1. The summed E-state index contributed by atoms with van der Waals surface area (Å²) in [5.41, 5.74) is 11.2. The van der Waals surface area contributed by atoms with Crippen LogP contribution < -0.4 is 10.6 Å². The molecule has 7 heteroatoms. The van der Waals surface area contributed by atoms with E-state index < -0.39 is 0 Å². The van der Waals surface area contributed by atoms with Gasteiger partial charge in [-0.05, 0) is 17.2 Å². The minimum absolute atomic E-state index is 0.0899. The lowest BCUT2D eigenvalue weighted by Gasteiger charge is -2.14. The topological polar surface area (TPSA) is 92.8 Å². The number of aryl methyl sites for hydroxylation is 1. The molecule has 0 saturated carbocycles. The van der Waals surface area contributed by atoms with Gasteiger partial charge in [0.15, 0.2) is 5.82 Å². The first-order valence-electron chi connectivity index (χ1n) is 8.37. The number of aromatic amines is 1. The van der Waals surface area contributed by atoms with Crippen LogP contribution in [0.1, 0.15) is 12.5 Å². The second kappa shape index (κ2) is 5.96. The number of rotatable bonds is 3. The van der Waals surface area contributed by atoms with E-state index in [0.29, 0.717) is 17.9 Å². The van der Waals surface area contributed by atoms with Gasteiger partial charge in [-0.3, -0.25) is 9.69 Å². The molecular formula is C19H20N6O. The summed E-state index contributed by atoms with van der Waals surface area (Å²) in [5, 5.41) is 0.971. The van der Waals surface area contributed by atoms with Crippen molar-refractivity contribution < 1.29 is 4.79 Å². The minimum atomic E-state index is -0.0899. The van der Waals surface area contributed by atoms with Crippen LogP contribution in [0.15, 0.2) is 36.7 Å². The number of amides is 1. The van der Waals surface area contributed by atoms with E-state index in [1.807, 2.05) is 35.9 Å². The van der Waals surface area contributed by atoms with E-state index in [1.54, 1.807) is 13.4 Å². The van der Waals surface area contributed by atoms with E-state index in [0.717, 1.165) is 33.4 Å². The Morgan fingerprint density at radius 3 is 2.69 bits per heavy atom. The van der Waals surface area contributed by atoms with Crippen molar-refractivity contribution in [1.29, 1.82) is 0 Å². The van der Waals surface area contributed by atoms with E-state index in [-0.39, 0.29) is 5.91 Å². The van der Waals surface area contributed by atoms with Gasteiger partial charge < -0.3 is 15.3 Å². The number of benzene rings is 1. The van der Waals surface area contributed by atoms with Crippen molar-refractivity contribution in [2.45, 2.75) is 13.5 Å². The van der Waals surface area contributed by atoms with Gasteiger partial charge in [0.1, 0.15) is 11.2 Å². The monoisotopic (exact) mass is 348 g/mol. The molecule has 0 atom stereocenters. The Morgan fingerprint density at radius 1 is 1.31 bits per heavy atom. The summed E-state index contributed by atoms with van der Waals surface area (Å²) in [5.74, 6) is 0.459. The summed E-state index contributed by atoms with van der Waals surface area (Å²) in [7, 11) is 3.65. The molecule has 3 N–H and O–H groups in total. The molecule has 26 heavy (non-hydrogen) atoms. The Morgan fingerprint density at radius 2 is 2.04 bits per heavy atom. The number of carbonyl (C=O) groups excluding carboxylic acids is 1. The lowest BCUT2D eigenvalue weighted by atomic mass is 10.1. The molecule has 0 radical (unpaired) electrons. The first-order valence-corrected chi connectivity index (χ1v) is 8.37. The molecule has 0 bridgehead atoms. The maximum absolute atomic E-state index is 11.8. The molecule has 0 unspecified atom stereocenters. The molecule has 0 aliphatic carbocycles. The van der Waals surface area contributed by atoms with Crippen LogP contribution in [0.4, 0.5) is 5.82 Å². The van der Waals surface area contributed by atoms with Gasteiger partial charge in [-0.25, -0.2) is 9.97 Å². The zero-order valence-corrected chi connectivity index (χ0v) is 14.9. The molecule has 7 nitrogen and oxygen atoms in total. The minimum Gasteiger partial charge on any atom is -0.339 e. The molecule has 132 valence electrons. The fraction of sp³-hybridized carbons (Fsp3) is 0.211. The molecule has 0 aliphatic rings. The van der Waals surface area contributed by atoms with Gasteiger partial charge in [0.25, 0.3) is 0 Å². The third-order valence-electron chi connectivity index (χ3n) is 4.71. The van der Waals surface area contributed by atoms with E-state index in [4.69, 9.17) is 5.73 Å². The van der Waals surface area contributed by atoms with Crippen LogP contribution in [-0.4, -0.2) is 32.5 Å². The number of hydrogen-bond donors (Lipinski definition) is 2. The smallest absolute Gasteiger partial charge is 0.224 e. The van der Waals surface area contributed by atoms with E-state index >= 15 is 0 Å². The van der Waals surface area contributed by atoms with Gasteiger partial charge in [0.2, 0.25) is 5.91 Å². The summed E-state index contributed by atoms with van der Waals surface area (Å²) >= 11 is 0. The Kier molecular flexibility index (Phi) is 3.73. The van der Waals surface area contributed by atoms with Crippen LogP contribution in [0.2, 0.25) is 0 Å². The van der Waals surface area contributed by atoms with Crippen molar-refractivity contribution in [1.82, 2.24) is 19.5 Å². The zero-order valence-electron chi connectivity index (χ0n) is 14.9. The average molecular weight is 348 g/mol. The highest BCUT2D eigenvalue weighted by Crippen LogP contribution is 2.33. The highest BCUT2D eigenvalue weighted by Gasteiger charge is 2.19. The molecule has 0 saturated heterocycles. The highest BCUT2D eigenvalue weighted by molar-refractivity contribution is 6.10. The summed E-state index contributed by atoms with van der Waals surface area (Å²) in [6.07, 6.45) is 1.74. The summed E-state index contributed by atoms with van der Waals surface area (Å²) < 4.78 is 1.95. The van der Waals surface area contributed by atoms with Gasteiger partial charge in [0.05, 0.1) is 11.8 Å². The first kappa shape index (κ1) is 16.3. The van der Waals surface area contributed by atoms with Gasteiger partial charge in [0, 0.05) is 38.6 Å². The van der Waals surface area contributed by atoms with Crippen molar-refractivity contribution in [2.75, 3.05) is 11.9 Å². The molecule has 0 aliphatic heterocycles. The van der Waals surface area contributed by atoms with Crippen LogP contribution in [0.5, 0.6) is 0 Å². The first-order chi connectivity index (χ1) is 12.5. The molecule has 0 spiro atoms. The number of H-pyrrole nitrogens is 1. The third-order valence-corrected chi connectivity index (χ3v) is 4.71. The lowest BCUT2D eigenvalue weighted by molar-refractivity contribution is -0.116. The Balaban J connectivity index is 1.96. The number of carbonyl (C=O) groups is 1. The zero-order chi connectivity index (χ0) is 18.4. The normalized spacial score (nSPS) is 11.4. The number of hydrogen-bond acceptors (Lipinski definition) is 4. The molecular weight excluding hydrogens is 328 g/mol. The second-order valence-corrected chi connectivity index (χ2v) is 6.41. The maximum Gasteiger partial charge on any atom is 0.224 e. The van der Waals surface area contributed by atoms with E-state index in [2.05, 4.69) is 21.0 Å². The predicted octanol–water partition coefficient (Wildman–Crippen LogP) is 2.56. The largest absolute Gasteiger partial charge is 0.339 e. The number of nitrogens with zero attached hydrogens (tertiary/aromatic N) is 4. The highest BCUT2D eigenvalue weighted by atomic mass is 16.2. The van der Waals surface area contributed by atoms with E-state index in [9.17, 15) is 4.79 Å². The molecule has 1 aromatic carbocycles. The lowest BCUT2D eigenvalue weighted by Crippen LogP contribution is -2.24. The van der Waals surface area contributed by atoms with Crippen molar-refractivity contribution in [3.8, 4) is 11.3 Å². The Hall–Kier alpha value is -3.19. The quantitative estimate of drug-likeness (QED) is 0.595. The van der Waals surface area contributed by atoms with E-state index in [1.165, 1.54) is 11.8 Å². The van der Waals surface area contributed by atoms with Crippen molar-refractivity contribution in [3.05, 3.63) is 42.2 Å². The molecule has 4 aromatic rings. The van der Waals surface area contributed by atoms with Crippen LogP contribution in [0, 0.1) is 0 Å². The SMILES string of the molecule is CC(=O)N(C)c1nc2[nH]c(-c3ccc(CN)cc3)cc2c2c1ncn2C. The van der Waals surface area contributed by atoms with Crippen LogP contribution in [-0.2, 0) is 18.4 Å². The van der Waals surface area contributed by atoms with Gasteiger partial charge in [-0.15, -0.1) is 0 Å². The fourth-order valence-corrected chi connectivity index (χ4v) is 3.14. The molecule has 0 fully saturated rings. The van der Waals surface area contributed by atoms with Crippen LogP contribution >= 0.6 is 0 Å². The Labute approximate surface area is 150 Å². The molecule has 4 rings (SSSR count). The van der Waals surface area contributed by atoms with Gasteiger partial charge in [-0.2, -0.15) is 0 Å². The van der Waals surface area contributed by atoms with Crippen LogP contribution in [0.3, 0.4) is 0 Å². The fourth-order valence-electron chi connectivity index (χ4n) is 3.14. The number of pyridine rings is 1. The maximum atomic E-state index is 11.8. The van der Waals surface area contributed by atoms with Crippen molar-refractivity contribution in [2.24, 2.45) is 12.8 Å². The van der Waals surface area contributed by atoms with Crippen molar-refractivity contribution >= 4 is 33.8 Å². The summed E-state index contributed by atoms with van der Waals surface area (Å²) in [4.78, 5) is 25.9.